The molecule has 0 aliphatic carbocycles. The highest BCUT2D eigenvalue weighted by Gasteiger charge is 2.07. The molecule has 0 bridgehead atoms. The first kappa shape index (κ1) is 13.5. The first-order valence-electron chi connectivity index (χ1n) is 5.14. The summed E-state index contributed by atoms with van der Waals surface area (Å²) >= 11 is 15.6. The molecule has 0 aliphatic rings. The summed E-state index contributed by atoms with van der Waals surface area (Å²) in [5.74, 6) is 0. The van der Waals surface area contributed by atoms with Crippen molar-refractivity contribution >= 4 is 51.0 Å². The third kappa shape index (κ3) is 3.07. The molecule has 1 N–H and O–H groups in total. The summed E-state index contributed by atoms with van der Waals surface area (Å²) in [5, 5.41) is 8.43. The van der Waals surface area contributed by atoms with Gasteiger partial charge in [-0.25, -0.2) is 4.68 Å². The second-order valence-electron chi connectivity index (χ2n) is 3.61. The van der Waals surface area contributed by atoms with E-state index in [-0.39, 0.29) is 0 Å². The molecule has 3 nitrogen and oxygen atoms in total. The molecule has 0 atom stereocenters. The molecule has 1 aromatic carbocycles. The van der Waals surface area contributed by atoms with Gasteiger partial charge in [-0.3, -0.25) is 0 Å². The van der Waals surface area contributed by atoms with Crippen molar-refractivity contribution in [2.24, 2.45) is 0 Å². The molecule has 0 radical (unpaired) electrons. The van der Waals surface area contributed by atoms with Crippen molar-refractivity contribution in [1.82, 2.24) is 9.78 Å². The summed E-state index contributed by atoms with van der Waals surface area (Å²) in [6.07, 6.45) is 5.26. The maximum atomic E-state index is 6.12. The maximum Gasteiger partial charge on any atom is 0.0722 e. The van der Waals surface area contributed by atoms with Gasteiger partial charge in [0.15, 0.2) is 0 Å². The molecule has 18 heavy (non-hydrogen) atoms. The normalized spacial score (nSPS) is 10.4. The second kappa shape index (κ2) is 5.78. The Morgan fingerprint density at radius 2 is 2.06 bits per heavy atom. The van der Waals surface area contributed by atoms with Crippen molar-refractivity contribution in [3.63, 3.8) is 0 Å². The van der Waals surface area contributed by atoms with Gasteiger partial charge in [-0.1, -0.05) is 45.7 Å². The zero-order valence-electron chi connectivity index (χ0n) is 9.33. The molecule has 0 amide bonds. The summed E-state index contributed by atoms with van der Waals surface area (Å²) in [5.41, 5.74) is 1.73. The van der Waals surface area contributed by atoms with Crippen LogP contribution in [-0.2, 0) is 6.54 Å². The molecule has 0 saturated heterocycles. The highest BCUT2D eigenvalue weighted by atomic mass is 79.9. The van der Waals surface area contributed by atoms with Crippen LogP contribution in [0.15, 0.2) is 35.6 Å². The lowest BCUT2D eigenvalue weighted by atomic mass is 10.3. The zero-order chi connectivity index (χ0) is 13.1. The number of benzene rings is 1. The van der Waals surface area contributed by atoms with Gasteiger partial charge < -0.3 is 5.32 Å². The third-order valence-corrected chi connectivity index (χ3v) is 3.37. The number of rotatable bonds is 4. The van der Waals surface area contributed by atoms with Gasteiger partial charge in [0.25, 0.3) is 0 Å². The van der Waals surface area contributed by atoms with Crippen molar-refractivity contribution in [2.75, 3.05) is 5.32 Å². The number of hydrogen-bond donors (Lipinski definition) is 1. The van der Waals surface area contributed by atoms with E-state index in [9.17, 15) is 0 Å². The number of anilines is 1. The zero-order valence-corrected chi connectivity index (χ0v) is 12.4. The van der Waals surface area contributed by atoms with Gasteiger partial charge in [-0.15, -0.1) is 0 Å². The Labute approximate surface area is 124 Å². The molecule has 2 aromatic rings. The smallest absolute Gasteiger partial charge is 0.0722 e. The molecule has 0 saturated carbocycles. The number of aromatic nitrogens is 2. The highest BCUT2D eigenvalue weighted by molar-refractivity contribution is 9.10. The lowest BCUT2D eigenvalue weighted by Crippen LogP contribution is -1.99. The first-order chi connectivity index (χ1) is 8.60. The number of hydrogen-bond acceptors (Lipinski definition) is 2. The summed E-state index contributed by atoms with van der Waals surface area (Å²) in [6, 6.07) is 3.59. The van der Waals surface area contributed by atoms with Crippen LogP contribution < -0.4 is 5.32 Å². The molecule has 1 aromatic heterocycles. The summed E-state index contributed by atoms with van der Waals surface area (Å²) in [6.45, 7) is 4.23. The van der Waals surface area contributed by atoms with E-state index in [1.54, 1.807) is 29.2 Å². The van der Waals surface area contributed by atoms with Gasteiger partial charge in [0.05, 0.1) is 21.9 Å². The Kier molecular flexibility index (Phi) is 4.32. The average molecular weight is 347 g/mol. The Balaban J connectivity index is 2.12. The van der Waals surface area contributed by atoms with Gasteiger partial charge >= 0.3 is 0 Å². The van der Waals surface area contributed by atoms with Crippen molar-refractivity contribution in [3.8, 4) is 0 Å². The predicted molar refractivity (Wildman–Crippen MR) is 80.1 cm³/mol. The van der Waals surface area contributed by atoms with Crippen LogP contribution in [0.3, 0.4) is 0 Å². The minimum Gasteiger partial charge on any atom is -0.378 e. The number of halogens is 3. The monoisotopic (exact) mass is 345 g/mol. The molecular formula is C12H10BrCl2N3. The van der Waals surface area contributed by atoms with E-state index < -0.39 is 0 Å². The Morgan fingerprint density at radius 1 is 1.39 bits per heavy atom. The molecule has 0 spiro atoms. The lowest BCUT2D eigenvalue weighted by molar-refractivity contribution is 0.936. The minimum atomic E-state index is 0.575. The Hall–Kier alpha value is -0.970. The van der Waals surface area contributed by atoms with Gasteiger partial charge in [0.2, 0.25) is 0 Å². The standard InChI is InChI=1S/C12H10BrCl2N3/c1-2-18-7-8(6-17-18)5-16-12-10(14)3-9(13)4-11(12)15/h2-4,6-7,16H,1,5H2. The quantitative estimate of drug-likeness (QED) is 0.872. The van der Waals surface area contributed by atoms with Gasteiger partial charge in [-0.05, 0) is 12.1 Å². The van der Waals surface area contributed by atoms with Crippen LogP contribution in [0.25, 0.3) is 6.20 Å². The molecule has 94 valence electrons. The van der Waals surface area contributed by atoms with Crippen LogP contribution in [0.1, 0.15) is 5.56 Å². The van der Waals surface area contributed by atoms with E-state index in [0.717, 1.165) is 10.0 Å². The number of nitrogens with zero attached hydrogens (tertiary/aromatic N) is 2. The summed E-state index contributed by atoms with van der Waals surface area (Å²) in [7, 11) is 0. The van der Waals surface area contributed by atoms with Crippen LogP contribution in [0.5, 0.6) is 0 Å². The number of nitrogens with one attached hydrogen (secondary N) is 1. The van der Waals surface area contributed by atoms with Crippen LogP contribution in [0.2, 0.25) is 10.0 Å². The topological polar surface area (TPSA) is 29.9 Å². The van der Waals surface area contributed by atoms with Crippen molar-refractivity contribution in [1.29, 1.82) is 0 Å². The van der Waals surface area contributed by atoms with Crippen LogP contribution in [0, 0.1) is 0 Å². The van der Waals surface area contributed by atoms with Gasteiger partial charge in [0.1, 0.15) is 0 Å². The van der Waals surface area contributed by atoms with Gasteiger partial charge in [0, 0.05) is 29.0 Å². The Bertz CT molecular complexity index is 557. The molecule has 0 unspecified atom stereocenters. The fourth-order valence-corrected chi connectivity index (χ4v) is 2.81. The molecule has 0 aliphatic heterocycles. The maximum absolute atomic E-state index is 6.12. The highest BCUT2D eigenvalue weighted by Crippen LogP contribution is 2.34. The van der Waals surface area contributed by atoms with Crippen LogP contribution in [-0.4, -0.2) is 9.78 Å². The fourth-order valence-electron chi connectivity index (χ4n) is 1.47. The average Bonchev–Trinajstić information content (AvgIpc) is 2.75. The van der Waals surface area contributed by atoms with Crippen molar-refractivity contribution < 1.29 is 0 Å². The van der Waals surface area contributed by atoms with E-state index in [2.05, 4.69) is 32.9 Å². The molecular weight excluding hydrogens is 337 g/mol. The van der Waals surface area contributed by atoms with Crippen molar-refractivity contribution in [3.05, 3.63) is 51.2 Å². The summed E-state index contributed by atoms with van der Waals surface area (Å²) in [4.78, 5) is 0. The van der Waals surface area contributed by atoms with Gasteiger partial charge in [-0.2, -0.15) is 5.10 Å². The molecule has 6 heteroatoms. The molecule has 2 rings (SSSR count). The first-order valence-corrected chi connectivity index (χ1v) is 6.69. The second-order valence-corrected chi connectivity index (χ2v) is 5.34. The van der Waals surface area contributed by atoms with Crippen LogP contribution >= 0.6 is 39.1 Å². The molecule has 0 fully saturated rings. The Morgan fingerprint density at radius 3 is 2.61 bits per heavy atom. The lowest BCUT2D eigenvalue weighted by Gasteiger charge is -2.09. The predicted octanol–water partition coefficient (Wildman–Crippen LogP) is 4.67. The molecule has 1 heterocycles. The van der Waals surface area contributed by atoms with E-state index in [1.165, 1.54) is 0 Å². The van der Waals surface area contributed by atoms with E-state index in [0.29, 0.717) is 22.3 Å². The minimum absolute atomic E-state index is 0.575. The fraction of sp³-hybridized carbons (Fsp3) is 0.0833. The third-order valence-electron chi connectivity index (χ3n) is 2.32. The van der Waals surface area contributed by atoms with Crippen LogP contribution in [0.4, 0.5) is 5.69 Å². The van der Waals surface area contributed by atoms with E-state index >= 15 is 0 Å². The van der Waals surface area contributed by atoms with E-state index in [1.807, 2.05) is 6.20 Å². The summed E-state index contributed by atoms with van der Waals surface area (Å²) < 4.78 is 2.49. The van der Waals surface area contributed by atoms with Crippen molar-refractivity contribution in [2.45, 2.75) is 6.54 Å². The largest absolute Gasteiger partial charge is 0.378 e. The van der Waals surface area contributed by atoms with E-state index in [4.69, 9.17) is 23.2 Å². The SMILES string of the molecule is C=Cn1cc(CNc2c(Cl)cc(Br)cc2Cl)cn1.